The molecule has 0 unspecified atom stereocenters. The summed E-state index contributed by atoms with van der Waals surface area (Å²) in [5, 5.41) is 4.11. The second-order valence-electron chi connectivity index (χ2n) is 3.45. The number of rotatable bonds is 1. The van der Waals surface area contributed by atoms with Gasteiger partial charge in [0.15, 0.2) is 0 Å². The van der Waals surface area contributed by atoms with Gasteiger partial charge in [-0.1, -0.05) is 0 Å². The smallest absolute Gasteiger partial charge is 0.241 e. The summed E-state index contributed by atoms with van der Waals surface area (Å²) in [7, 11) is 0. The zero-order valence-corrected chi connectivity index (χ0v) is 8.49. The van der Waals surface area contributed by atoms with Crippen LogP contribution in [0.4, 0.5) is 13.2 Å². The molecule has 0 aliphatic heterocycles. The van der Waals surface area contributed by atoms with Crippen molar-refractivity contribution in [2.24, 2.45) is 0 Å². The van der Waals surface area contributed by atoms with Crippen molar-refractivity contribution in [3.63, 3.8) is 0 Å². The first-order valence-corrected chi connectivity index (χ1v) is 4.67. The third-order valence-electron chi connectivity index (χ3n) is 2.18. The Kier molecular flexibility index (Phi) is 2.46. The van der Waals surface area contributed by atoms with Crippen LogP contribution in [0.25, 0.3) is 5.69 Å². The minimum atomic E-state index is -4.29. The Morgan fingerprint density at radius 3 is 2.12 bits per heavy atom. The highest BCUT2D eigenvalue weighted by atomic mass is 19.4. The summed E-state index contributed by atoms with van der Waals surface area (Å²) < 4.78 is 38.4. The van der Waals surface area contributed by atoms with Crippen molar-refractivity contribution in [2.75, 3.05) is 0 Å². The summed E-state index contributed by atoms with van der Waals surface area (Å²) in [6, 6.07) is 6.68. The summed E-state index contributed by atoms with van der Waals surface area (Å²) >= 11 is 0. The molecular formula is C11H9F3N2. The van der Waals surface area contributed by atoms with Crippen molar-refractivity contribution in [2.45, 2.75) is 13.1 Å². The summed E-state index contributed by atoms with van der Waals surface area (Å²) in [5.41, 5.74) is 0.779. The van der Waals surface area contributed by atoms with Gasteiger partial charge in [0.2, 0.25) is 0 Å². The number of halogens is 3. The van der Waals surface area contributed by atoms with E-state index in [1.165, 1.54) is 16.8 Å². The van der Waals surface area contributed by atoms with E-state index in [9.17, 15) is 13.2 Å². The fraction of sp³-hybridized carbons (Fsp3) is 0.182. The van der Waals surface area contributed by atoms with Gasteiger partial charge in [-0.05, 0) is 37.3 Å². The first-order chi connectivity index (χ1) is 7.47. The van der Waals surface area contributed by atoms with Crippen LogP contribution in [-0.4, -0.2) is 9.78 Å². The molecule has 0 amide bonds. The predicted octanol–water partition coefficient (Wildman–Crippen LogP) is 3.20. The molecule has 0 aliphatic carbocycles. The van der Waals surface area contributed by atoms with Crippen molar-refractivity contribution in [3.8, 4) is 5.69 Å². The van der Waals surface area contributed by atoms with Crippen LogP contribution in [0.15, 0.2) is 36.5 Å². The van der Waals surface area contributed by atoms with E-state index in [-0.39, 0.29) is 0 Å². The van der Waals surface area contributed by atoms with Crippen molar-refractivity contribution in [3.05, 3.63) is 47.8 Å². The Hall–Kier alpha value is -1.78. The lowest BCUT2D eigenvalue weighted by atomic mass is 10.2. The number of benzene rings is 1. The second kappa shape index (κ2) is 3.66. The molecule has 2 rings (SSSR count). The van der Waals surface area contributed by atoms with Gasteiger partial charge in [0, 0.05) is 6.20 Å². The maximum atomic E-state index is 12.3. The quantitative estimate of drug-likeness (QED) is 0.730. The highest BCUT2D eigenvalue weighted by molar-refractivity contribution is 5.35. The number of aromatic nitrogens is 2. The Balaban J connectivity index is 2.33. The van der Waals surface area contributed by atoms with E-state index in [0.717, 1.165) is 17.8 Å². The number of hydrogen-bond donors (Lipinski definition) is 0. The topological polar surface area (TPSA) is 17.8 Å². The molecule has 0 saturated carbocycles. The standard InChI is InChI=1S/C11H9F3N2/c1-8-6-7-16(15-8)10-4-2-9(3-5-10)11(12,13)14/h2-7H,1H3. The van der Waals surface area contributed by atoms with Gasteiger partial charge < -0.3 is 0 Å². The number of hydrogen-bond acceptors (Lipinski definition) is 1. The van der Waals surface area contributed by atoms with Gasteiger partial charge in [0.25, 0.3) is 0 Å². The van der Waals surface area contributed by atoms with Gasteiger partial charge in [-0.15, -0.1) is 0 Å². The number of aryl methyl sites for hydroxylation is 1. The van der Waals surface area contributed by atoms with E-state index in [4.69, 9.17) is 0 Å². The summed E-state index contributed by atoms with van der Waals surface area (Å²) in [6.07, 6.45) is -2.59. The lowest BCUT2D eigenvalue weighted by Crippen LogP contribution is -2.05. The van der Waals surface area contributed by atoms with E-state index >= 15 is 0 Å². The largest absolute Gasteiger partial charge is 0.416 e. The van der Waals surface area contributed by atoms with Crippen molar-refractivity contribution < 1.29 is 13.2 Å². The Bertz CT molecular complexity index is 483. The molecule has 84 valence electrons. The summed E-state index contributed by atoms with van der Waals surface area (Å²) in [6.45, 7) is 1.82. The molecule has 0 radical (unpaired) electrons. The molecule has 0 spiro atoms. The molecule has 1 aromatic carbocycles. The van der Waals surface area contributed by atoms with Crippen LogP contribution in [0.2, 0.25) is 0 Å². The minimum Gasteiger partial charge on any atom is -0.241 e. The molecule has 0 fully saturated rings. The molecule has 2 aromatic rings. The zero-order chi connectivity index (χ0) is 11.8. The fourth-order valence-corrected chi connectivity index (χ4v) is 1.36. The van der Waals surface area contributed by atoms with Gasteiger partial charge in [-0.3, -0.25) is 0 Å². The van der Waals surface area contributed by atoms with Crippen LogP contribution in [0.3, 0.4) is 0 Å². The molecule has 0 atom stereocenters. The zero-order valence-electron chi connectivity index (χ0n) is 8.49. The normalized spacial score (nSPS) is 11.8. The molecule has 2 nitrogen and oxygen atoms in total. The first kappa shape index (κ1) is 10.7. The average molecular weight is 226 g/mol. The lowest BCUT2D eigenvalue weighted by Gasteiger charge is -2.07. The molecule has 5 heteroatoms. The fourth-order valence-electron chi connectivity index (χ4n) is 1.36. The van der Waals surface area contributed by atoms with Crippen LogP contribution in [0.5, 0.6) is 0 Å². The van der Waals surface area contributed by atoms with Crippen molar-refractivity contribution in [1.29, 1.82) is 0 Å². The molecule has 0 saturated heterocycles. The Labute approximate surface area is 90.3 Å². The third-order valence-corrected chi connectivity index (χ3v) is 2.18. The van der Waals surface area contributed by atoms with Gasteiger partial charge in [-0.2, -0.15) is 18.3 Å². The van der Waals surface area contributed by atoms with Crippen LogP contribution < -0.4 is 0 Å². The monoisotopic (exact) mass is 226 g/mol. The third kappa shape index (κ3) is 2.08. The van der Waals surface area contributed by atoms with Gasteiger partial charge in [-0.25, -0.2) is 4.68 Å². The van der Waals surface area contributed by atoms with Gasteiger partial charge in [0.05, 0.1) is 16.9 Å². The highest BCUT2D eigenvalue weighted by Crippen LogP contribution is 2.29. The Morgan fingerprint density at radius 2 is 1.69 bits per heavy atom. The Morgan fingerprint density at radius 1 is 1.06 bits per heavy atom. The minimum absolute atomic E-state index is 0.612. The van der Waals surface area contributed by atoms with Crippen LogP contribution in [-0.2, 0) is 6.18 Å². The maximum absolute atomic E-state index is 12.3. The maximum Gasteiger partial charge on any atom is 0.416 e. The second-order valence-corrected chi connectivity index (χ2v) is 3.45. The summed E-state index contributed by atoms with van der Waals surface area (Å²) in [5.74, 6) is 0. The van der Waals surface area contributed by atoms with E-state index in [0.29, 0.717) is 5.69 Å². The average Bonchev–Trinajstić information content (AvgIpc) is 2.64. The van der Waals surface area contributed by atoms with Crippen molar-refractivity contribution in [1.82, 2.24) is 9.78 Å². The first-order valence-electron chi connectivity index (χ1n) is 4.67. The molecule has 0 bridgehead atoms. The SMILES string of the molecule is Cc1ccn(-c2ccc(C(F)(F)F)cc2)n1. The van der Waals surface area contributed by atoms with Crippen LogP contribution >= 0.6 is 0 Å². The summed E-state index contributed by atoms with van der Waals surface area (Å²) in [4.78, 5) is 0. The van der Waals surface area contributed by atoms with Crippen LogP contribution in [0, 0.1) is 6.92 Å². The van der Waals surface area contributed by atoms with Crippen LogP contribution in [0.1, 0.15) is 11.3 Å². The van der Waals surface area contributed by atoms with Gasteiger partial charge in [0.1, 0.15) is 0 Å². The van der Waals surface area contributed by atoms with E-state index in [1.807, 2.05) is 6.92 Å². The van der Waals surface area contributed by atoms with Crippen molar-refractivity contribution >= 4 is 0 Å². The molecular weight excluding hydrogens is 217 g/mol. The molecule has 0 N–H and O–H groups in total. The van der Waals surface area contributed by atoms with Gasteiger partial charge >= 0.3 is 6.18 Å². The molecule has 0 aliphatic rings. The van der Waals surface area contributed by atoms with E-state index in [1.54, 1.807) is 12.3 Å². The molecule has 16 heavy (non-hydrogen) atoms. The predicted molar refractivity (Wildman–Crippen MR) is 53.3 cm³/mol. The lowest BCUT2D eigenvalue weighted by molar-refractivity contribution is -0.137. The highest BCUT2D eigenvalue weighted by Gasteiger charge is 2.29. The number of nitrogens with zero attached hydrogens (tertiary/aromatic N) is 2. The van der Waals surface area contributed by atoms with E-state index in [2.05, 4.69) is 5.10 Å². The molecule has 1 heterocycles. The van der Waals surface area contributed by atoms with E-state index < -0.39 is 11.7 Å². The number of alkyl halides is 3. The molecule has 1 aromatic heterocycles.